The summed E-state index contributed by atoms with van der Waals surface area (Å²) in [6.45, 7) is 2.32. The van der Waals surface area contributed by atoms with Crippen LogP contribution < -0.4 is 4.74 Å². The summed E-state index contributed by atoms with van der Waals surface area (Å²) in [5, 5.41) is 1.08. The number of nitrogens with zero attached hydrogens (tertiary/aromatic N) is 5. The van der Waals surface area contributed by atoms with Gasteiger partial charge in [-0.3, -0.25) is 4.79 Å². The molecule has 4 aromatic rings. The van der Waals surface area contributed by atoms with Crippen LogP contribution in [0.15, 0.2) is 36.5 Å². The number of pyridine rings is 1. The lowest BCUT2D eigenvalue weighted by molar-refractivity contribution is -0.0204. The minimum absolute atomic E-state index is 0.0888. The molecule has 1 amide bonds. The molecule has 0 radical (unpaired) electrons. The molecule has 202 valence electrons. The summed E-state index contributed by atoms with van der Waals surface area (Å²) in [4.78, 5) is 25.8. The van der Waals surface area contributed by atoms with Crippen molar-refractivity contribution in [3.8, 4) is 17.3 Å². The van der Waals surface area contributed by atoms with Crippen molar-refractivity contribution in [3.05, 3.63) is 42.1 Å². The fourth-order valence-corrected chi connectivity index (χ4v) is 7.96. The number of imidazole rings is 1. The summed E-state index contributed by atoms with van der Waals surface area (Å²) in [6.07, 6.45) is 8.47. The van der Waals surface area contributed by atoms with Crippen LogP contribution in [-0.2, 0) is 24.3 Å². The second-order valence-electron chi connectivity index (χ2n) is 12.0. The highest BCUT2D eigenvalue weighted by atomic mass is 32.2. The van der Waals surface area contributed by atoms with Crippen LogP contribution in [0.4, 0.5) is 0 Å². The Bertz CT molecular complexity index is 1620. The molecule has 3 aliphatic carbocycles. The van der Waals surface area contributed by atoms with E-state index in [1.165, 1.54) is 19.3 Å². The molecule has 4 heterocycles. The molecule has 0 N–H and O–H groups in total. The van der Waals surface area contributed by atoms with Gasteiger partial charge < -0.3 is 23.3 Å². The summed E-state index contributed by atoms with van der Waals surface area (Å²) in [5.74, 6) is 4.94. The summed E-state index contributed by atoms with van der Waals surface area (Å²) in [5.41, 5.74) is 4.18. The first-order valence-electron chi connectivity index (χ1n) is 14.1. The van der Waals surface area contributed by atoms with Gasteiger partial charge in [0.25, 0.3) is 5.91 Å². The fourth-order valence-electron chi connectivity index (χ4n) is 7.52. The normalized spacial score (nSPS) is 26.0. The van der Waals surface area contributed by atoms with Crippen molar-refractivity contribution in [1.29, 1.82) is 0 Å². The highest BCUT2D eigenvalue weighted by Crippen LogP contribution is 2.60. The molecule has 8 rings (SSSR count). The van der Waals surface area contributed by atoms with Crippen molar-refractivity contribution >= 4 is 39.1 Å². The average Bonchev–Trinajstić information content (AvgIpc) is 3.56. The van der Waals surface area contributed by atoms with E-state index < -0.39 is 11.2 Å². The Morgan fingerprint density at radius 2 is 2.05 bits per heavy atom. The van der Waals surface area contributed by atoms with Gasteiger partial charge in [-0.25, -0.2) is 9.97 Å². The maximum atomic E-state index is 13.8. The van der Waals surface area contributed by atoms with Gasteiger partial charge in [0.2, 0.25) is 0 Å². The molecule has 39 heavy (non-hydrogen) atoms. The molecule has 3 aromatic heterocycles. The van der Waals surface area contributed by atoms with E-state index in [0.29, 0.717) is 41.5 Å². The number of benzene rings is 1. The standard InChI is InChI=1S/C30H33N5O3S/c1-38-25-14-20(30(36)35-16-21-10-19-13-23(35)26(19)21)11-22-27(25)33(8-9-39(2)37)29(32-22)24-12-18-4-3-7-31-28(18)34(24)15-17-5-6-17/h3-4,7,11-12,14,17,19,21,23,26H,5-6,8-10,13,15-16H2,1-2H3/t19?,21-,23-,26-,39+/m1/s1. The van der Waals surface area contributed by atoms with Gasteiger partial charge in [-0.1, -0.05) is 11.2 Å². The Morgan fingerprint density at radius 1 is 1.18 bits per heavy atom. The highest BCUT2D eigenvalue weighted by molar-refractivity contribution is 7.90. The van der Waals surface area contributed by atoms with Gasteiger partial charge in [-0.2, -0.15) is 0 Å². The second-order valence-corrected chi connectivity index (χ2v) is 13.6. The summed E-state index contributed by atoms with van der Waals surface area (Å²) in [6, 6.07) is 10.4. The molecule has 4 fully saturated rings. The first-order chi connectivity index (χ1) is 19.0. The monoisotopic (exact) mass is 543 g/mol. The Morgan fingerprint density at radius 3 is 2.79 bits per heavy atom. The number of aromatic nitrogens is 4. The van der Waals surface area contributed by atoms with Gasteiger partial charge in [-0.15, -0.1) is 0 Å². The van der Waals surface area contributed by atoms with Gasteiger partial charge in [0.1, 0.15) is 22.7 Å². The van der Waals surface area contributed by atoms with Crippen molar-refractivity contribution in [2.24, 2.45) is 23.7 Å². The number of fused-ring (bicyclic) bond motifs is 2. The molecule has 1 aromatic carbocycles. The Hall–Kier alpha value is -3.04. The second kappa shape index (κ2) is 8.73. The molecule has 1 aliphatic heterocycles. The van der Waals surface area contributed by atoms with Crippen LogP contribution in [-0.4, -0.2) is 66.2 Å². The number of hydrogen-bond acceptors (Lipinski definition) is 5. The minimum Gasteiger partial charge on any atom is -0.617 e. The highest BCUT2D eigenvalue weighted by Gasteiger charge is 2.61. The smallest absolute Gasteiger partial charge is 0.254 e. The molecule has 3 saturated carbocycles. The van der Waals surface area contributed by atoms with Crippen LogP contribution >= 0.6 is 0 Å². The number of carbonyl (C=O) groups excluding carboxylic acids is 1. The van der Waals surface area contributed by atoms with E-state index >= 15 is 0 Å². The number of likely N-dealkylation sites (tertiary alicyclic amines) is 1. The molecule has 1 unspecified atom stereocenters. The zero-order valence-corrected chi connectivity index (χ0v) is 23.2. The van der Waals surface area contributed by atoms with Crippen molar-refractivity contribution in [3.63, 3.8) is 0 Å². The topological polar surface area (TPSA) is 88.2 Å². The van der Waals surface area contributed by atoms with E-state index in [-0.39, 0.29) is 5.91 Å². The van der Waals surface area contributed by atoms with E-state index in [2.05, 4.69) is 26.2 Å². The van der Waals surface area contributed by atoms with E-state index in [1.807, 2.05) is 24.4 Å². The lowest BCUT2D eigenvalue weighted by atomic mass is 9.53. The van der Waals surface area contributed by atoms with Crippen LogP contribution in [0.25, 0.3) is 33.6 Å². The summed E-state index contributed by atoms with van der Waals surface area (Å²) < 4.78 is 22.5. The maximum absolute atomic E-state index is 13.8. The molecule has 0 bridgehead atoms. The average molecular weight is 544 g/mol. The van der Waals surface area contributed by atoms with Gasteiger partial charge in [0, 0.05) is 36.3 Å². The van der Waals surface area contributed by atoms with Gasteiger partial charge >= 0.3 is 0 Å². The van der Waals surface area contributed by atoms with Crippen LogP contribution in [0, 0.1) is 23.7 Å². The van der Waals surface area contributed by atoms with Gasteiger partial charge in [0.15, 0.2) is 5.82 Å². The first-order valence-corrected chi connectivity index (χ1v) is 15.9. The number of rotatable bonds is 8. The predicted octanol–water partition coefficient (Wildman–Crippen LogP) is 4.33. The van der Waals surface area contributed by atoms with E-state index in [0.717, 1.165) is 64.9 Å². The molecule has 9 heteroatoms. The maximum Gasteiger partial charge on any atom is 0.254 e. The Kier molecular flexibility index (Phi) is 5.33. The van der Waals surface area contributed by atoms with E-state index in [9.17, 15) is 9.35 Å². The van der Waals surface area contributed by atoms with Crippen molar-refractivity contribution in [2.75, 3.05) is 25.7 Å². The molecule has 1 saturated heterocycles. The minimum atomic E-state index is -0.969. The van der Waals surface area contributed by atoms with E-state index in [4.69, 9.17) is 14.7 Å². The number of methoxy groups -OCH3 is 1. The molecule has 0 spiro atoms. The number of amides is 1. The summed E-state index contributed by atoms with van der Waals surface area (Å²) in [7, 11) is 1.65. The SMILES string of the molecule is COc1cc(C(=O)N2C[C@H]3CC4C[C@@H]2[C@H]43)cc2nc(-c3cc4cccnc4n3CC3CC3)n(CC[S@+](C)[O-])c12. The number of hydrogen-bond donors (Lipinski definition) is 0. The molecule has 8 nitrogen and oxygen atoms in total. The van der Waals surface area contributed by atoms with Crippen LogP contribution in [0.2, 0.25) is 0 Å². The number of aryl methyl sites for hydroxylation is 1. The predicted molar refractivity (Wildman–Crippen MR) is 151 cm³/mol. The van der Waals surface area contributed by atoms with Gasteiger partial charge in [-0.05, 0) is 79.7 Å². The van der Waals surface area contributed by atoms with Crippen molar-refractivity contribution in [2.45, 2.75) is 44.8 Å². The van der Waals surface area contributed by atoms with Gasteiger partial charge in [0.05, 0.1) is 31.1 Å². The number of ether oxygens (including phenoxy) is 1. The first kappa shape index (κ1) is 23.8. The van der Waals surface area contributed by atoms with E-state index in [1.54, 1.807) is 13.4 Å². The molecular weight excluding hydrogens is 510 g/mol. The zero-order valence-electron chi connectivity index (χ0n) is 22.4. The summed E-state index contributed by atoms with van der Waals surface area (Å²) >= 11 is -0.969. The van der Waals surface area contributed by atoms with Crippen molar-refractivity contribution < 1.29 is 14.1 Å². The van der Waals surface area contributed by atoms with Crippen LogP contribution in [0.3, 0.4) is 0 Å². The lowest BCUT2D eigenvalue weighted by Gasteiger charge is -2.52. The molecule has 5 atom stereocenters. The Balaban J connectivity index is 1.27. The quantitative estimate of drug-likeness (QED) is 0.309. The van der Waals surface area contributed by atoms with Crippen LogP contribution in [0.5, 0.6) is 5.75 Å². The molecular formula is C30H33N5O3S. The fraction of sp³-hybridized carbons (Fsp3) is 0.500. The largest absolute Gasteiger partial charge is 0.617 e. The van der Waals surface area contributed by atoms with Crippen LogP contribution in [0.1, 0.15) is 36.0 Å². The molecule has 4 aliphatic rings. The third-order valence-electron chi connectivity index (χ3n) is 9.67. The third-order valence-corrected chi connectivity index (χ3v) is 10.4. The number of carbonyl (C=O) groups is 1. The zero-order chi connectivity index (χ0) is 26.4. The Labute approximate surface area is 230 Å². The van der Waals surface area contributed by atoms with Crippen molar-refractivity contribution in [1.82, 2.24) is 24.0 Å². The lowest BCUT2D eigenvalue weighted by Crippen LogP contribution is -2.53. The third kappa shape index (κ3) is 3.65.